The normalized spacial score (nSPS) is 42.0. The molecule has 0 N–H and O–H groups in total. The zero-order valence-electron chi connectivity index (χ0n) is 4.52. The molecule has 1 fully saturated rings. The Balaban J connectivity index is 2.26. The lowest BCUT2D eigenvalue weighted by atomic mass is 10.2. The molecule has 0 amide bonds. The van der Waals surface area contributed by atoms with Crippen LogP contribution >= 0.6 is 0 Å². The average Bonchev–Trinajstić information content (AvgIpc) is 1.87. The summed E-state index contributed by atoms with van der Waals surface area (Å²) in [7, 11) is 0. The number of rotatable bonds is 0. The standard InChI is InChI=1S/C5H10OS/c1-5-2-3-7(6)4-5/h5H,2-4H2,1H3/t5-,7+/m0/s1. The minimum atomic E-state index is -0.453. The molecule has 1 nitrogen and oxygen atoms in total. The highest BCUT2D eigenvalue weighted by Crippen LogP contribution is 2.16. The van der Waals surface area contributed by atoms with Crippen LogP contribution in [0.15, 0.2) is 0 Å². The molecule has 7 heavy (non-hydrogen) atoms. The van der Waals surface area contributed by atoms with Gasteiger partial charge in [0.2, 0.25) is 0 Å². The van der Waals surface area contributed by atoms with Gasteiger partial charge in [-0.2, -0.15) is 0 Å². The lowest BCUT2D eigenvalue weighted by molar-refractivity contribution is 0.598. The molecule has 0 aromatic carbocycles. The Morgan fingerprint density at radius 2 is 2.43 bits per heavy atom. The van der Waals surface area contributed by atoms with Crippen molar-refractivity contribution < 1.29 is 4.55 Å². The van der Waals surface area contributed by atoms with E-state index < -0.39 is 11.2 Å². The van der Waals surface area contributed by atoms with Crippen LogP contribution in [0.3, 0.4) is 0 Å². The highest BCUT2D eigenvalue weighted by molar-refractivity contribution is 7.91. The fourth-order valence-electron chi connectivity index (χ4n) is 0.817. The van der Waals surface area contributed by atoms with Gasteiger partial charge < -0.3 is 4.55 Å². The summed E-state index contributed by atoms with van der Waals surface area (Å²) in [6.45, 7) is 2.16. The Morgan fingerprint density at radius 3 is 2.57 bits per heavy atom. The number of hydrogen-bond acceptors (Lipinski definition) is 1. The van der Waals surface area contributed by atoms with Crippen molar-refractivity contribution in [3.05, 3.63) is 0 Å². The molecule has 0 aromatic rings. The molecule has 0 saturated carbocycles. The molecular formula is C5H10OS. The predicted molar refractivity (Wildman–Crippen MR) is 31.7 cm³/mol. The topological polar surface area (TPSA) is 23.1 Å². The van der Waals surface area contributed by atoms with Crippen LogP contribution in [-0.4, -0.2) is 16.1 Å². The zero-order chi connectivity index (χ0) is 5.28. The molecule has 1 heterocycles. The summed E-state index contributed by atoms with van der Waals surface area (Å²) in [5, 5.41) is 0. The average molecular weight is 118 g/mol. The molecule has 0 aliphatic carbocycles. The molecule has 1 saturated heterocycles. The summed E-state index contributed by atoms with van der Waals surface area (Å²) in [6.07, 6.45) is 1.17. The van der Waals surface area contributed by atoms with Crippen molar-refractivity contribution >= 4 is 11.2 Å². The van der Waals surface area contributed by atoms with Gasteiger partial charge in [-0.05, 0) is 6.42 Å². The molecule has 0 aromatic heterocycles. The highest BCUT2D eigenvalue weighted by Gasteiger charge is 2.21. The van der Waals surface area contributed by atoms with E-state index in [-0.39, 0.29) is 0 Å². The van der Waals surface area contributed by atoms with Gasteiger partial charge in [0, 0.05) is 5.92 Å². The van der Waals surface area contributed by atoms with Crippen molar-refractivity contribution in [2.45, 2.75) is 13.3 Å². The van der Waals surface area contributed by atoms with Gasteiger partial charge in [0.1, 0.15) is 11.5 Å². The van der Waals surface area contributed by atoms with E-state index in [1.165, 1.54) is 6.42 Å². The van der Waals surface area contributed by atoms with Gasteiger partial charge in [-0.3, -0.25) is 0 Å². The maximum atomic E-state index is 10.6. The fourth-order valence-corrected chi connectivity index (χ4v) is 2.45. The van der Waals surface area contributed by atoms with Gasteiger partial charge in [-0.25, -0.2) is 0 Å². The lowest BCUT2D eigenvalue weighted by Gasteiger charge is -1.98. The summed E-state index contributed by atoms with van der Waals surface area (Å²) in [4.78, 5) is 0. The summed E-state index contributed by atoms with van der Waals surface area (Å²) in [5.41, 5.74) is 0. The van der Waals surface area contributed by atoms with Gasteiger partial charge in [-0.1, -0.05) is 18.1 Å². The van der Waals surface area contributed by atoms with E-state index in [9.17, 15) is 4.55 Å². The first kappa shape index (κ1) is 5.45. The van der Waals surface area contributed by atoms with E-state index in [2.05, 4.69) is 6.92 Å². The molecule has 1 aliphatic rings. The van der Waals surface area contributed by atoms with Crippen LogP contribution in [0, 0.1) is 5.92 Å². The monoisotopic (exact) mass is 118 g/mol. The first-order valence-corrected chi connectivity index (χ1v) is 4.13. The second-order valence-electron chi connectivity index (χ2n) is 2.20. The predicted octanol–water partition coefficient (Wildman–Crippen LogP) is 0.775. The van der Waals surface area contributed by atoms with Crippen molar-refractivity contribution in [1.29, 1.82) is 0 Å². The molecule has 2 atom stereocenters. The van der Waals surface area contributed by atoms with Gasteiger partial charge in [0.25, 0.3) is 0 Å². The first-order valence-electron chi connectivity index (χ1n) is 2.64. The Labute approximate surface area is 47.3 Å². The van der Waals surface area contributed by atoms with Crippen LogP contribution in [-0.2, 0) is 11.2 Å². The van der Waals surface area contributed by atoms with Crippen LogP contribution in [0.4, 0.5) is 0 Å². The van der Waals surface area contributed by atoms with Gasteiger partial charge in [-0.15, -0.1) is 0 Å². The maximum absolute atomic E-state index is 10.6. The van der Waals surface area contributed by atoms with Crippen LogP contribution < -0.4 is 0 Å². The third-order valence-electron chi connectivity index (χ3n) is 1.31. The highest BCUT2D eigenvalue weighted by atomic mass is 32.2. The minimum Gasteiger partial charge on any atom is -0.616 e. The smallest absolute Gasteiger partial charge is 0.108 e. The van der Waals surface area contributed by atoms with Crippen LogP contribution in [0.25, 0.3) is 0 Å². The molecule has 1 aliphatic heterocycles. The molecule has 0 unspecified atom stereocenters. The fraction of sp³-hybridized carbons (Fsp3) is 1.00. The minimum absolute atomic E-state index is 0.453. The third kappa shape index (κ3) is 1.35. The van der Waals surface area contributed by atoms with Crippen LogP contribution in [0.1, 0.15) is 13.3 Å². The van der Waals surface area contributed by atoms with Gasteiger partial charge in [0.05, 0.1) is 0 Å². The molecule has 0 bridgehead atoms. The first-order chi connectivity index (χ1) is 3.29. The van der Waals surface area contributed by atoms with Crippen LogP contribution in [0.2, 0.25) is 0 Å². The Morgan fingerprint density at radius 1 is 1.71 bits per heavy atom. The van der Waals surface area contributed by atoms with Crippen molar-refractivity contribution in [3.63, 3.8) is 0 Å². The molecule has 0 radical (unpaired) electrons. The van der Waals surface area contributed by atoms with E-state index in [1.807, 2.05) is 0 Å². The van der Waals surface area contributed by atoms with Crippen molar-refractivity contribution in [2.24, 2.45) is 5.92 Å². The zero-order valence-corrected chi connectivity index (χ0v) is 5.33. The summed E-state index contributed by atoms with van der Waals surface area (Å²) >= 11 is -0.453. The van der Waals surface area contributed by atoms with E-state index in [4.69, 9.17) is 0 Å². The largest absolute Gasteiger partial charge is 0.616 e. The second kappa shape index (κ2) is 2.05. The Hall–Kier alpha value is 0.310. The molecule has 2 heteroatoms. The Kier molecular flexibility index (Phi) is 1.60. The SMILES string of the molecule is C[C@H]1CC[S@@+]([O-])C1. The molecular weight excluding hydrogens is 108 g/mol. The summed E-state index contributed by atoms with van der Waals surface area (Å²) in [6, 6.07) is 0. The van der Waals surface area contributed by atoms with Crippen LogP contribution in [0.5, 0.6) is 0 Å². The summed E-state index contributed by atoms with van der Waals surface area (Å²) < 4.78 is 10.6. The second-order valence-corrected chi connectivity index (χ2v) is 3.83. The maximum Gasteiger partial charge on any atom is 0.108 e. The quantitative estimate of drug-likeness (QED) is 0.431. The Bertz CT molecular complexity index is 57.1. The molecule has 0 spiro atoms. The van der Waals surface area contributed by atoms with Gasteiger partial charge >= 0.3 is 0 Å². The van der Waals surface area contributed by atoms with Gasteiger partial charge in [0.15, 0.2) is 0 Å². The summed E-state index contributed by atoms with van der Waals surface area (Å²) in [5.74, 6) is 2.61. The van der Waals surface area contributed by atoms with E-state index >= 15 is 0 Å². The van der Waals surface area contributed by atoms with Crippen molar-refractivity contribution in [3.8, 4) is 0 Å². The third-order valence-corrected chi connectivity index (χ3v) is 2.94. The number of hydrogen-bond donors (Lipinski definition) is 0. The van der Waals surface area contributed by atoms with E-state index in [0.29, 0.717) is 0 Å². The van der Waals surface area contributed by atoms with E-state index in [1.54, 1.807) is 0 Å². The lowest BCUT2D eigenvalue weighted by Crippen LogP contribution is -2.01. The van der Waals surface area contributed by atoms with Crippen molar-refractivity contribution in [2.75, 3.05) is 11.5 Å². The van der Waals surface area contributed by atoms with Crippen molar-refractivity contribution in [1.82, 2.24) is 0 Å². The molecule has 1 rings (SSSR count). The van der Waals surface area contributed by atoms with E-state index in [0.717, 1.165) is 17.4 Å². The molecule has 42 valence electrons.